The fourth-order valence-electron chi connectivity index (χ4n) is 5.84. The molecule has 1 aromatic carbocycles. The van der Waals surface area contributed by atoms with Gasteiger partial charge in [-0.3, -0.25) is 14.4 Å². The van der Waals surface area contributed by atoms with Crippen LogP contribution >= 0.6 is 0 Å². The zero-order chi connectivity index (χ0) is 30.5. The number of piperidine rings is 1. The van der Waals surface area contributed by atoms with E-state index in [9.17, 15) is 19.2 Å². The van der Waals surface area contributed by atoms with Crippen molar-refractivity contribution in [2.75, 3.05) is 57.4 Å². The van der Waals surface area contributed by atoms with Crippen molar-refractivity contribution in [3.05, 3.63) is 42.1 Å². The molecule has 0 spiro atoms. The van der Waals surface area contributed by atoms with Crippen molar-refractivity contribution in [3.63, 3.8) is 0 Å². The van der Waals surface area contributed by atoms with Gasteiger partial charge in [-0.1, -0.05) is 43.7 Å². The van der Waals surface area contributed by atoms with Gasteiger partial charge in [-0.15, -0.1) is 0 Å². The van der Waals surface area contributed by atoms with Gasteiger partial charge in [0.15, 0.2) is 5.82 Å². The molecule has 3 fully saturated rings. The number of esters is 1. The van der Waals surface area contributed by atoms with Gasteiger partial charge in [0, 0.05) is 50.9 Å². The van der Waals surface area contributed by atoms with Gasteiger partial charge < -0.3 is 29.5 Å². The predicted octanol–water partition coefficient (Wildman–Crippen LogP) is 2.59. The molecule has 1 N–H and O–H groups in total. The van der Waals surface area contributed by atoms with E-state index in [2.05, 4.69) is 15.2 Å². The predicted molar refractivity (Wildman–Crippen MR) is 158 cm³/mol. The average molecular weight is 593 g/mol. The van der Waals surface area contributed by atoms with E-state index in [0.717, 1.165) is 18.4 Å². The van der Waals surface area contributed by atoms with Crippen molar-refractivity contribution >= 4 is 29.7 Å². The summed E-state index contributed by atoms with van der Waals surface area (Å²) in [4.78, 5) is 65.7. The number of hydrogen-bond acceptors (Lipinski definition) is 9. The lowest BCUT2D eigenvalue weighted by Crippen LogP contribution is -2.55. The lowest BCUT2D eigenvalue weighted by Gasteiger charge is -2.35. The zero-order valence-electron chi connectivity index (χ0n) is 25.0. The maximum Gasteiger partial charge on any atom is 0.409 e. The Kier molecular flexibility index (Phi) is 9.42. The molecule has 3 aliphatic rings. The Morgan fingerprint density at radius 1 is 0.953 bits per heavy atom. The molecule has 43 heavy (non-hydrogen) atoms. The monoisotopic (exact) mass is 592 g/mol. The molecule has 1 aromatic heterocycles. The molecule has 5 rings (SSSR count). The van der Waals surface area contributed by atoms with Crippen LogP contribution < -0.4 is 10.2 Å². The SMILES string of the molecule is CCCCOC(=O)N1CCN(C(=O)C(C)NC(=O)c2cc(N3CC4C(C3)C4C(=O)OCC)nc(-c3ccccc3)n2)CC1. The Labute approximate surface area is 251 Å². The third-order valence-electron chi connectivity index (χ3n) is 8.35. The Morgan fingerprint density at radius 2 is 1.63 bits per heavy atom. The van der Waals surface area contributed by atoms with Crippen molar-refractivity contribution in [1.82, 2.24) is 25.1 Å². The van der Waals surface area contributed by atoms with E-state index in [1.165, 1.54) is 0 Å². The quantitative estimate of drug-likeness (QED) is 0.326. The summed E-state index contributed by atoms with van der Waals surface area (Å²) < 4.78 is 10.5. The van der Waals surface area contributed by atoms with Crippen LogP contribution in [0.5, 0.6) is 0 Å². The third-order valence-corrected chi connectivity index (χ3v) is 8.35. The number of fused-ring (bicyclic) bond motifs is 1. The summed E-state index contributed by atoms with van der Waals surface area (Å²) in [5, 5.41) is 2.81. The van der Waals surface area contributed by atoms with Crippen molar-refractivity contribution in [1.29, 1.82) is 0 Å². The second kappa shape index (κ2) is 13.4. The van der Waals surface area contributed by atoms with Gasteiger partial charge in [-0.2, -0.15) is 0 Å². The van der Waals surface area contributed by atoms with Crippen LogP contribution in [0.4, 0.5) is 10.6 Å². The molecule has 1 aliphatic carbocycles. The number of piperazine rings is 1. The fourth-order valence-corrected chi connectivity index (χ4v) is 5.84. The van der Waals surface area contributed by atoms with E-state index in [1.54, 1.807) is 22.8 Å². The lowest BCUT2D eigenvalue weighted by molar-refractivity contribution is -0.145. The summed E-state index contributed by atoms with van der Waals surface area (Å²) in [7, 11) is 0. The molecular formula is C31H40N6O6. The molecule has 1 saturated carbocycles. The first-order valence-corrected chi connectivity index (χ1v) is 15.2. The first kappa shape index (κ1) is 30.2. The summed E-state index contributed by atoms with van der Waals surface area (Å²) in [6, 6.07) is 10.3. The number of amides is 3. The van der Waals surface area contributed by atoms with Gasteiger partial charge in [-0.05, 0) is 32.1 Å². The van der Waals surface area contributed by atoms with Crippen LogP contribution in [0.15, 0.2) is 36.4 Å². The molecule has 2 aliphatic heterocycles. The standard InChI is InChI=1S/C31H40N6O6/c1-4-6-16-43-31(41)36-14-12-35(13-15-36)29(39)20(3)32-28(38)24-17-25(34-27(33-24)21-10-8-7-9-11-21)37-18-22-23(19-37)26(22)30(40)42-5-2/h7-11,17,20,22-23,26H,4-6,12-16,18-19H2,1-3H3,(H,32,38). The van der Waals surface area contributed by atoms with Gasteiger partial charge in [0.05, 0.1) is 19.1 Å². The van der Waals surface area contributed by atoms with E-state index in [-0.39, 0.29) is 41.4 Å². The number of rotatable bonds is 10. The smallest absolute Gasteiger partial charge is 0.409 e. The van der Waals surface area contributed by atoms with Gasteiger partial charge in [0.2, 0.25) is 5.91 Å². The highest BCUT2D eigenvalue weighted by Gasteiger charge is 2.60. The molecule has 3 unspecified atom stereocenters. The summed E-state index contributed by atoms with van der Waals surface area (Å²) >= 11 is 0. The second-order valence-corrected chi connectivity index (χ2v) is 11.3. The molecule has 12 nitrogen and oxygen atoms in total. The number of nitrogens with zero attached hydrogens (tertiary/aromatic N) is 5. The lowest BCUT2D eigenvalue weighted by atomic mass is 10.2. The molecule has 230 valence electrons. The van der Waals surface area contributed by atoms with Crippen LogP contribution in [0.2, 0.25) is 0 Å². The van der Waals surface area contributed by atoms with E-state index in [0.29, 0.717) is 64.1 Å². The first-order chi connectivity index (χ1) is 20.8. The highest BCUT2D eigenvalue weighted by atomic mass is 16.6. The highest BCUT2D eigenvalue weighted by Crippen LogP contribution is 2.53. The Balaban J connectivity index is 1.23. The van der Waals surface area contributed by atoms with Crippen LogP contribution in [0, 0.1) is 17.8 Å². The number of unbranched alkanes of at least 4 members (excludes halogenated alkanes) is 1. The van der Waals surface area contributed by atoms with Crippen molar-refractivity contribution in [3.8, 4) is 11.4 Å². The number of anilines is 1. The molecule has 0 bridgehead atoms. The normalized spacial score (nSPS) is 21.6. The van der Waals surface area contributed by atoms with Crippen molar-refractivity contribution < 1.29 is 28.7 Å². The van der Waals surface area contributed by atoms with Gasteiger partial charge in [0.1, 0.15) is 17.6 Å². The molecule has 2 aromatic rings. The maximum absolute atomic E-state index is 13.4. The molecule has 3 heterocycles. The van der Waals surface area contributed by atoms with E-state index >= 15 is 0 Å². The summed E-state index contributed by atoms with van der Waals surface area (Å²) in [6.07, 6.45) is 1.40. The number of carbonyl (C=O) groups is 4. The molecule has 3 amide bonds. The molecule has 0 radical (unpaired) electrons. The summed E-state index contributed by atoms with van der Waals surface area (Å²) in [5.74, 6) is 0.516. The first-order valence-electron chi connectivity index (χ1n) is 15.2. The molecule has 12 heteroatoms. The van der Waals surface area contributed by atoms with Crippen LogP contribution in [0.3, 0.4) is 0 Å². The zero-order valence-corrected chi connectivity index (χ0v) is 25.0. The third kappa shape index (κ3) is 6.89. The number of nitrogens with one attached hydrogen (secondary N) is 1. The Morgan fingerprint density at radius 3 is 2.28 bits per heavy atom. The topological polar surface area (TPSA) is 134 Å². The van der Waals surface area contributed by atoms with Crippen LogP contribution in [-0.2, 0) is 19.1 Å². The molecular weight excluding hydrogens is 552 g/mol. The van der Waals surface area contributed by atoms with Crippen molar-refractivity contribution in [2.24, 2.45) is 17.8 Å². The molecule has 3 atom stereocenters. The fraction of sp³-hybridized carbons (Fsp3) is 0.548. The maximum atomic E-state index is 13.4. The van der Waals surface area contributed by atoms with Gasteiger partial charge >= 0.3 is 12.1 Å². The largest absolute Gasteiger partial charge is 0.466 e. The van der Waals surface area contributed by atoms with E-state index in [4.69, 9.17) is 14.5 Å². The minimum atomic E-state index is -0.793. The van der Waals surface area contributed by atoms with E-state index in [1.807, 2.05) is 44.2 Å². The number of carbonyl (C=O) groups excluding carboxylic acids is 4. The van der Waals surface area contributed by atoms with Gasteiger partial charge in [0.25, 0.3) is 5.91 Å². The van der Waals surface area contributed by atoms with Crippen LogP contribution in [0.1, 0.15) is 44.1 Å². The number of hydrogen-bond donors (Lipinski definition) is 1. The minimum Gasteiger partial charge on any atom is -0.466 e. The number of ether oxygens (including phenoxy) is 2. The molecule has 2 saturated heterocycles. The van der Waals surface area contributed by atoms with Gasteiger partial charge in [-0.25, -0.2) is 14.8 Å². The number of benzene rings is 1. The summed E-state index contributed by atoms with van der Waals surface area (Å²) in [6.45, 7) is 9.02. The number of aromatic nitrogens is 2. The van der Waals surface area contributed by atoms with Crippen LogP contribution in [-0.4, -0.2) is 102 Å². The Bertz CT molecular complexity index is 1320. The van der Waals surface area contributed by atoms with Crippen LogP contribution in [0.25, 0.3) is 11.4 Å². The van der Waals surface area contributed by atoms with E-state index < -0.39 is 11.9 Å². The summed E-state index contributed by atoms with van der Waals surface area (Å²) in [5.41, 5.74) is 0.924. The van der Waals surface area contributed by atoms with Crippen molar-refractivity contribution in [2.45, 2.75) is 39.7 Å². The highest BCUT2D eigenvalue weighted by molar-refractivity contribution is 5.97. The Hall–Kier alpha value is -4.22. The minimum absolute atomic E-state index is 0.0742. The average Bonchev–Trinajstić information content (AvgIpc) is 3.54. The second-order valence-electron chi connectivity index (χ2n) is 11.3.